The van der Waals surface area contributed by atoms with Crippen LogP contribution in [0.3, 0.4) is 0 Å². The molecule has 0 atom stereocenters. The summed E-state index contributed by atoms with van der Waals surface area (Å²) in [6.45, 7) is 2.31. The molecule has 2 aromatic heterocycles. The molecule has 0 saturated heterocycles. The highest BCUT2D eigenvalue weighted by Gasteiger charge is 2.30. The largest absolute Gasteiger partial charge is 0.358 e. The van der Waals surface area contributed by atoms with Crippen LogP contribution in [-0.2, 0) is 25.9 Å². The van der Waals surface area contributed by atoms with Gasteiger partial charge in [-0.2, -0.15) is 0 Å². The first kappa shape index (κ1) is 18.4. The molecule has 2 aromatic carbocycles. The quantitative estimate of drug-likeness (QED) is 0.508. The first-order valence-corrected chi connectivity index (χ1v) is 11.3. The van der Waals surface area contributed by atoms with Gasteiger partial charge >= 0.3 is 0 Å². The zero-order chi connectivity index (χ0) is 20.8. The predicted octanol–water partition coefficient (Wildman–Crippen LogP) is 4.96. The van der Waals surface area contributed by atoms with E-state index < -0.39 is 0 Å². The number of fused-ring (bicyclic) bond motifs is 4. The lowest BCUT2D eigenvalue weighted by Crippen LogP contribution is -2.36. The Morgan fingerprint density at radius 2 is 1.74 bits per heavy atom. The normalized spacial score (nSPS) is 16.1. The van der Waals surface area contributed by atoms with Gasteiger partial charge in [-0.25, -0.2) is 4.98 Å². The van der Waals surface area contributed by atoms with Crippen molar-refractivity contribution in [2.45, 2.75) is 45.2 Å². The lowest BCUT2D eigenvalue weighted by molar-refractivity contribution is 0.0728. The van der Waals surface area contributed by atoms with Crippen molar-refractivity contribution in [1.29, 1.82) is 0 Å². The van der Waals surface area contributed by atoms with E-state index in [2.05, 4.69) is 45.9 Å². The molecule has 2 aliphatic rings. The van der Waals surface area contributed by atoms with Crippen molar-refractivity contribution < 1.29 is 4.79 Å². The van der Waals surface area contributed by atoms with Gasteiger partial charge in [-0.15, -0.1) is 0 Å². The number of amides is 1. The monoisotopic (exact) mass is 410 g/mol. The van der Waals surface area contributed by atoms with Gasteiger partial charge in [0.05, 0.1) is 5.69 Å². The van der Waals surface area contributed by atoms with Crippen LogP contribution in [0.5, 0.6) is 0 Å². The van der Waals surface area contributed by atoms with Crippen molar-refractivity contribution in [3.8, 4) is 11.4 Å². The summed E-state index contributed by atoms with van der Waals surface area (Å²) in [5.74, 6) is 1.01. The van der Waals surface area contributed by atoms with Crippen LogP contribution < -0.4 is 0 Å². The third kappa shape index (κ3) is 3.07. The van der Waals surface area contributed by atoms with Crippen LogP contribution in [0.15, 0.2) is 54.6 Å². The molecule has 0 fully saturated rings. The van der Waals surface area contributed by atoms with Crippen LogP contribution in [0.4, 0.5) is 0 Å². The molecule has 0 bridgehead atoms. The fourth-order valence-corrected chi connectivity index (χ4v) is 5.19. The van der Waals surface area contributed by atoms with E-state index in [-0.39, 0.29) is 5.91 Å². The van der Waals surface area contributed by atoms with E-state index in [1.807, 2.05) is 23.1 Å². The molecule has 0 unspecified atom stereocenters. The zero-order valence-corrected chi connectivity index (χ0v) is 17.6. The van der Waals surface area contributed by atoms with Gasteiger partial charge in [0.2, 0.25) is 0 Å². The molecular formula is C26H26N4O. The van der Waals surface area contributed by atoms with E-state index in [9.17, 15) is 4.79 Å². The van der Waals surface area contributed by atoms with Crippen molar-refractivity contribution in [3.63, 3.8) is 0 Å². The van der Waals surface area contributed by atoms with E-state index >= 15 is 0 Å². The molecule has 0 aliphatic carbocycles. The van der Waals surface area contributed by atoms with Crippen molar-refractivity contribution in [2.24, 2.45) is 0 Å². The van der Waals surface area contributed by atoms with Crippen molar-refractivity contribution in [2.75, 3.05) is 6.54 Å². The van der Waals surface area contributed by atoms with Crippen LogP contribution in [0.2, 0.25) is 0 Å². The molecule has 1 N–H and O–H groups in total. The predicted molar refractivity (Wildman–Crippen MR) is 122 cm³/mol. The minimum atomic E-state index is 0.0729. The summed E-state index contributed by atoms with van der Waals surface area (Å²) in [6, 6.07) is 18.7. The Bertz CT molecular complexity index is 1270. The SMILES string of the molecule is O=C(c1nc(-c2ccccc2)n2c1CCCCC2)N1CCc2[nH]c3ccccc3c2C1. The number of nitrogens with zero attached hydrogens (tertiary/aromatic N) is 3. The molecule has 6 rings (SSSR count). The highest BCUT2D eigenvalue weighted by Crippen LogP contribution is 2.31. The Morgan fingerprint density at radius 3 is 2.65 bits per heavy atom. The third-order valence-electron chi connectivity index (χ3n) is 6.77. The van der Waals surface area contributed by atoms with Crippen molar-refractivity contribution in [3.05, 3.63) is 77.2 Å². The molecule has 0 saturated carbocycles. The van der Waals surface area contributed by atoms with Crippen molar-refractivity contribution in [1.82, 2.24) is 19.4 Å². The Balaban J connectivity index is 1.39. The first-order valence-electron chi connectivity index (χ1n) is 11.3. The average molecular weight is 411 g/mol. The summed E-state index contributed by atoms with van der Waals surface area (Å²) >= 11 is 0. The van der Waals surface area contributed by atoms with Gasteiger partial charge in [-0.05, 0) is 25.3 Å². The van der Waals surface area contributed by atoms with Crippen LogP contribution in [0.25, 0.3) is 22.3 Å². The molecule has 0 radical (unpaired) electrons. The molecule has 5 nitrogen and oxygen atoms in total. The summed E-state index contributed by atoms with van der Waals surface area (Å²) in [6.07, 6.45) is 5.24. The maximum absolute atomic E-state index is 13.7. The molecule has 0 spiro atoms. The number of benzene rings is 2. The average Bonchev–Trinajstić information content (AvgIpc) is 3.27. The van der Waals surface area contributed by atoms with E-state index in [0.29, 0.717) is 12.2 Å². The fraction of sp³-hybridized carbons (Fsp3) is 0.308. The highest BCUT2D eigenvalue weighted by molar-refractivity contribution is 5.95. The van der Waals surface area contributed by atoms with Crippen LogP contribution >= 0.6 is 0 Å². The number of aromatic nitrogens is 3. The number of nitrogens with one attached hydrogen (secondary N) is 1. The highest BCUT2D eigenvalue weighted by atomic mass is 16.2. The number of carbonyl (C=O) groups excluding carboxylic acids is 1. The topological polar surface area (TPSA) is 53.9 Å². The Kier molecular flexibility index (Phi) is 4.41. The number of para-hydroxylation sites is 1. The fourth-order valence-electron chi connectivity index (χ4n) is 5.19. The molecule has 31 heavy (non-hydrogen) atoms. The molecule has 2 aliphatic heterocycles. The summed E-state index contributed by atoms with van der Waals surface area (Å²) in [5.41, 5.74) is 6.53. The van der Waals surface area contributed by atoms with Gasteiger partial charge < -0.3 is 14.5 Å². The number of hydrogen-bond acceptors (Lipinski definition) is 2. The minimum absolute atomic E-state index is 0.0729. The lowest BCUT2D eigenvalue weighted by Gasteiger charge is -2.27. The second-order valence-corrected chi connectivity index (χ2v) is 8.66. The third-order valence-corrected chi connectivity index (χ3v) is 6.77. The van der Waals surface area contributed by atoms with Crippen molar-refractivity contribution >= 4 is 16.8 Å². The Morgan fingerprint density at radius 1 is 0.903 bits per heavy atom. The lowest BCUT2D eigenvalue weighted by atomic mass is 10.0. The molecular weight excluding hydrogens is 384 g/mol. The number of imidazole rings is 1. The molecule has 156 valence electrons. The number of hydrogen-bond donors (Lipinski definition) is 1. The van der Waals surface area contributed by atoms with E-state index in [1.54, 1.807) is 0 Å². The molecule has 5 heteroatoms. The van der Waals surface area contributed by atoms with Gasteiger partial charge in [0.25, 0.3) is 5.91 Å². The van der Waals surface area contributed by atoms with Crippen LogP contribution in [-0.4, -0.2) is 31.9 Å². The van der Waals surface area contributed by atoms with Gasteiger partial charge in [-0.1, -0.05) is 55.0 Å². The standard InChI is InChI=1S/C26H26N4O/c31-26(29-16-14-22-20(17-29)19-11-6-7-12-21(19)27-22)24-23-13-5-2-8-15-30(23)25(28-24)18-9-3-1-4-10-18/h1,3-4,6-7,9-12,27H,2,5,8,13-17H2. The van der Waals surface area contributed by atoms with E-state index in [1.165, 1.54) is 23.1 Å². The maximum Gasteiger partial charge on any atom is 0.274 e. The minimum Gasteiger partial charge on any atom is -0.358 e. The number of aromatic amines is 1. The molecule has 1 amide bonds. The number of H-pyrrole nitrogens is 1. The van der Waals surface area contributed by atoms with Gasteiger partial charge in [0, 0.05) is 53.8 Å². The number of rotatable bonds is 2. The first-order chi connectivity index (χ1) is 15.3. The zero-order valence-electron chi connectivity index (χ0n) is 17.6. The van der Waals surface area contributed by atoms with Gasteiger partial charge in [0.1, 0.15) is 11.5 Å². The van der Waals surface area contributed by atoms with Crippen LogP contribution in [0, 0.1) is 0 Å². The summed E-state index contributed by atoms with van der Waals surface area (Å²) in [4.78, 5) is 24.2. The Labute approximate surface area is 181 Å². The molecule has 4 aromatic rings. The summed E-state index contributed by atoms with van der Waals surface area (Å²) < 4.78 is 2.30. The number of carbonyl (C=O) groups is 1. The van der Waals surface area contributed by atoms with Gasteiger partial charge in [0.15, 0.2) is 0 Å². The van der Waals surface area contributed by atoms with Crippen LogP contribution in [0.1, 0.15) is 46.7 Å². The summed E-state index contributed by atoms with van der Waals surface area (Å²) in [7, 11) is 0. The maximum atomic E-state index is 13.7. The smallest absolute Gasteiger partial charge is 0.274 e. The second kappa shape index (κ2) is 7.41. The van der Waals surface area contributed by atoms with Gasteiger partial charge in [-0.3, -0.25) is 4.79 Å². The summed E-state index contributed by atoms with van der Waals surface area (Å²) in [5, 5.41) is 1.23. The van der Waals surface area contributed by atoms with E-state index in [0.717, 1.165) is 61.4 Å². The Hall–Kier alpha value is -3.34. The molecule has 4 heterocycles. The second-order valence-electron chi connectivity index (χ2n) is 8.66. The van der Waals surface area contributed by atoms with E-state index in [4.69, 9.17) is 4.98 Å².